The molecule has 1 aromatic heterocycles. The van der Waals surface area contributed by atoms with Crippen LogP contribution in [0, 0.1) is 18.3 Å². The molecule has 2 atom stereocenters. The Morgan fingerprint density at radius 3 is 2.33 bits per heavy atom. The van der Waals surface area contributed by atoms with Crippen LogP contribution in [-0.2, 0) is 6.42 Å². The van der Waals surface area contributed by atoms with Crippen molar-refractivity contribution >= 4 is 0 Å². The molecule has 1 aromatic rings. The van der Waals surface area contributed by atoms with Gasteiger partial charge in [-0.3, -0.25) is 10.0 Å². The molecular formula is C16H28N2O3. The lowest BCUT2D eigenvalue weighted by Crippen LogP contribution is -2.47. The zero-order valence-electron chi connectivity index (χ0n) is 13.9. The van der Waals surface area contributed by atoms with Gasteiger partial charge in [-0.25, -0.2) is 0 Å². The van der Waals surface area contributed by atoms with Crippen LogP contribution in [0.3, 0.4) is 0 Å². The second-order valence-corrected chi connectivity index (χ2v) is 7.20. The van der Waals surface area contributed by atoms with Crippen molar-refractivity contribution in [3.8, 4) is 0 Å². The van der Waals surface area contributed by atoms with Crippen molar-refractivity contribution < 1.29 is 10.3 Å². The Bertz CT molecular complexity index is 529. The minimum absolute atomic E-state index is 0.206. The van der Waals surface area contributed by atoms with E-state index in [1.807, 2.05) is 13.0 Å². The summed E-state index contributed by atoms with van der Waals surface area (Å²) < 4.78 is 1.15. The van der Waals surface area contributed by atoms with Crippen molar-refractivity contribution in [2.24, 2.45) is 11.3 Å². The van der Waals surface area contributed by atoms with Gasteiger partial charge in [0.25, 0.3) is 5.56 Å². The maximum absolute atomic E-state index is 12.1. The van der Waals surface area contributed by atoms with Gasteiger partial charge < -0.3 is 5.11 Å². The van der Waals surface area contributed by atoms with Crippen LogP contribution in [0.1, 0.15) is 52.3 Å². The lowest BCUT2D eigenvalue weighted by Gasteiger charge is -2.28. The molecule has 1 rings (SSSR count). The maximum atomic E-state index is 12.1. The average molecular weight is 296 g/mol. The van der Waals surface area contributed by atoms with E-state index in [2.05, 4.69) is 27.7 Å². The van der Waals surface area contributed by atoms with Gasteiger partial charge in [0.2, 0.25) is 0 Å². The number of aromatic nitrogens is 1. The van der Waals surface area contributed by atoms with Gasteiger partial charge >= 0.3 is 0 Å². The van der Waals surface area contributed by atoms with Gasteiger partial charge in [-0.1, -0.05) is 27.7 Å². The van der Waals surface area contributed by atoms with Crippen LogP contribution in [0.15, 0.2) is 16.9 Å². The van der Waals surface area contributed by atoms with E-state index in [4.69, 9.17) is 0 Å². The second-order valence-electron chi connectivity index (χ2n) is 7.20. The first-order valence-corrected chi connectivity index (χ1v) is 7.40. The Balaban J connectivity index is 3.13. The third kappa shape index (κ3) is 5.17. The summed E-state index contributed by atoms with van der Waals surface area (Å²) in [5, 5.41) is 20.1. The molecule has 1 heterocycles. The third-order valence-corrected chi connectivity index (χ3v) is 3.28. The fourth-order valence-corrected chi connectivity index (χ4v) is 2.78. The van der Waals surface area contributed by atoms with E-state index in [1.165, 1.54) is 13.0 Å². The van der Waals surface area contributed by atoms with Crippen molar-refractivity contribution in [2.45, 2.75) is 60.6 Å². The summed E-state index contributed by atoms with van der Waals surface area (Å²) in [4.78, 5) is 12.1. The Morgan fingerprint density at radius 1 is 1.29 bits per heavy atom. The minimum atomic E-state index is -1.15. The predicted molar refractivity (Wildman–Crippen MR) is 84.1 cm³/mol. The minimum Gasteiger partial charge on any atom is -0.370 e. The Hall–Kier alpha value is -1.33. The van der Waals surface area contributed by atoms with Crippen molar-refractivity contribution in [1.82, 2.24) is 4.68 Å². The van der Waals surface area contributed by atoms with E-state index in [0.29, 0.717) is 23.2 Å². The number of aliphatic hydroxyl groups excluding tert-OH is 1. The summed E-state index contributed by atoms with van der Waals surface area (Å²) in [7, 11) is 0. The molecule has 5 heteroatoms. The zero-order valence-corrected chi connectivity index (χ0v) is 13.9. The van der Waals surface area contributed by atoms with E-state index >= 15 is 0 Å². The van der Waals surface area contributed by atoms with Crippen LogP contribution in [0.2, 0.25) is 0 Å². The molecule has 0 spiro atoms. The van der Waals surface area contributed by atoms with Gasteiger partial charge in [0.05, 0.1) is 0 Å². The van der Waals surface area contributed by atoms with Gasteiger partial charge in [0.1, 0.15) is 0 Å². The molecular weight excluding hydrogens is 268 g/mol. The number of nitrogens with zero attached hydrogens (tertiary/aromatic N) is 2. The third-order valence-electron chi connectivity index (χ3n) is 3.28. The van der Waals surface area contributed by atoms with Gasteiger partial charge in [0, 0.05) is 11.8 Å². The van der Waals surface area contributed by atoms with Gasteiger partial charge in [0.15, 0.2) is 6.23 Å². The van der Waals surface area contributed by atoms with Crippen LogP contribution in [0.4, 0.5) is 0 Å². The molecule has 0 aliphatic carbocycles. The number of rotatable bonds is 5. The molecule has 2 unspecified atom stereocenters. The largest absolute Gasteiger partial charge is 0.370 e. The summed E-state index contributed by atoms with van der Waals surface area (Å²) >= 11 is 0. The molecule has 0 aliphatic heterocycles. The van der Waals surface area contributed by atoms with Gasteiger partial charge in [-0.15, -0.1) is 0 Å². The standard InChI is InChI=1S/C16H28N2O3/c1-11-7-14(8-12(2)10-16(4,5)6)17(15(20)9-11)18(21)13(3)19/h7,9,12-13,19,21H,8,10H2,1-6H3. The highest BCUT2D eigenvalue weighted by molar-refractivity contribution is 5.18. The molecule has 0 bridgehead atoms. The molecule has 0 radical (unpaired) electrons. The van der Waals surface area contributed by atoms with Crippen molar-refractivity contribution in [1.29, 1.82) is 0 Å². The van der Waals surface area contributed by atoms with E-state index in [-0.39, 0.29) is 11.0 Å². The lowest BCUT2D eigenvalue weighted by atomic mass is 9.83. The molecule has 0 aromatic carbocycles. The summed E-state index contributed by atoms with van der Waals surface area (Å²) in [6.07, 6.45) is 0.523. The van der Waals surface area contributed by atoms with Crippen molar-refractivity contribution in [3.05, 3.63) is 33.7 Å². The topological polar surface area (TPSA) is 65.7 Å². The van der Waals surface area contributed by atoms with Crippen LogP contribution in [0.5, 0.6) is 0 Å². The second kappa shape index (κ2) is 6.62. The van der Waals surface area contributed by atoms with E-state index in [1.54, 1.807) is 0 Å². The number of aryl methyl sites for hydroxylation is 1. The Morgan fingerprint density at radius 2 is 1.86 bits per heavy atom. The van der Waals surface area contributed by atoms with E-state index in [9.17, 15) is 15.1 Å². The number of hydroxylamine groups is 1. The summed E-state index contributed by atoms with van der Waals surface area (Å²) in [5.41, 5.74) is 1.43. The first kappa shape index (κ1) is 17.7. The molecule has 0 amide bonds. The Labute approximate surface area is 126 Å². The number of aliphatic hydroxyl groups is 1. The first-order valence-electron chi connectivity index (χ1n) is 7.40. The molecule has 2 N–H and O–H groups in total. The van der Waals surface area contributed by atoms with Crippen LogP contribution >= 0.6 is 0 Å². The molecule has 0 fully saturated rings. The molecule has 21 heavy (non-hydrogen) atoms. The molecule has 120 valence electrons. The van der Waals surface area contributed by atoms with Crippen LogP contribution < -0.4 is 10.7 Å². The Kier molecular flexibility index (Phi) is 5.59. The monoisotopic (exact) mass is 296 g/mol. The fourth-order valence-electron chi connectivity index (χ4n) is 2.78. The summed E-state index contributed by atoms with van der Waals surface area (Å²) in [6.45, 7) is 11.9. The smallest absolute Gasteiger partial charge is 0.271 e. The van der Waals surface area contributed by atoms with Crippen LogP contribution in [0.25, 0.3) is 0 Å². The molecule has 0 saturated heterocycles. The van der Waals surface area contributed by atoms with Crippen molar-refractivity contribution in [2.75, 3.05) is 5.17 Å². The zero-order chi connectivity index (χ0) is 16.4. The molecule has 0 aliphatic rings. The number of hydrogen-bond acceptors (Lipinski definition) is 4. The predicted octanol–water partition coefficient (Wildman–Crippen LogP) is 2.44. The van der Waals surface area contributed by atoms with E-state index < -0.39 is 6.23 Å². The summed E-state index contributed by atoms with van der Waals surface area (Å²) in [5.74, 6) is 0.361. The fraction of sp³-hybridized carbons (Fsp3) is 0.688. The molecule has 5 nitrogen and oxygen atoms in total. The normalized spacial score (nSPS) is 14.9. The maximum Gasteiger partial charge on any atom is 0.271 e. The summed E-state index contributed by atoms with van der Waals surface area (Å²) in [6, 6.07) is 3.33. The molecule has 0 saturated carbocycles. The highest BCUT2D eigenvalue weighted by Crippen LogP contribution is 2.26. The quantitative estimate of drug-likeness (QED) is 0.647. The van der Waals surface area contributed by atoms with Gasteiger partial charge in [-0.2, -0.15) is 9.85 Å². The number of pyridine rings is 1. The SMILES string of the molecule is Cc1cc(CC(C)CC(C)(C)C)n(N(O)C(C)O)c(=O)c1. The average Bonchev–Trinajstić information content (AvgIpc) is 2.24. The number of hydrogen-bond donors (Lipinski definition) is 2. The van der Waals surface area contributed by atoms with Crippen molar-refractivity contribution in [3.63, 3.8) is 0 Å². The first-order chi connectivity index (χ1) is 9.51. The van der Waals surface area contributed by atoms with Gasteiger partial charge in [-0.05, 0) is 49.7 Å². The van der Waals surface area contributed by atoms with E-state index in [0.717, 1.165) is 16.7 Å². The van der Waals surface area contributed by atoms with Crippen LogP contribution in [-0.4, -0.2) is 21.2 Å². The highest BCUT2D eigenvalue weighted by atomic mass is 16.6. The lowest BCUT2D eigenvalue weighted by molar-refractivity contribution is 0.0250. The highest BCUT2D eigenvalue weighted by Gasteiger charge is 2.20.